The van der Waals surface area contributed by atoms with E-state index in [9.17, 15) is 0 Å². The Labute approximate surface area is 234 Å². The fourth-order valence-corrected chi connectivity index (χ4v) is 9.83. The maximum atomic E-state index is 3.87. The summed E-state index contributed by atoms with van der Waals surface area (Å²) in [6, 6.07) is 27.6. The van der Waals surface area contributed by atoms with Crippen molar-refractivity contribution in [2.24, 2.45) is 0 Å². The molecule has 3 aromatic carbocycles. The van der Waals surface area contributed by atoms with E-state index in [2.05, 4.69) is 113 Å². The Hall–Kier alpha value is -1.06. The largest absolute Gasteiger partial charge is 4.00 e. The van der Waals surface area contributed by atoms with Gasteiger partial charge in [-0.3, -0.25) is 6.08 Å². The van der Waals surface area contributed by atoms with Crippen LogP contribution in [0.3, 0.4) is 0 Å². The van der Waals surface area contributed by atoms with Gasteiger partial charge in [-0.15, -0.1) is 0 Å². The zero-order valence-corrected chi connectivity index (χ0v) is 24.4. The molecule has 170 valence electrons. The molecule has 0 aliphatic heterocycles. The van der Waals surface area contributed by atoms with Gasteiger partial charge in [-0.1, -0.05) is 109 Å². The van der Waals surface area contributed by atoms with E-state index < -0.39 is 8.07 Å². The molecular weight excluding hydrogens is 519 g/mol. The van der Waals surface area contributed by atoms with Gasteiger partial charge in [0.1, 0.15) is 0 Å². The summed E-state index contributed by atoms with van der Waals surface area (Å²) in [5.41, 5.74) is 5.32. The van der Waals surface area contributed by atoms with Crippen molar-refractivity contribution >= 4 is 23.6 Å². The van der Waals surface area contributed by atoms with E-state index in [1.54, 1.807) is 0 Å². The number of hydrogen-bond donors (Lipinski definition) is 0. The van der Waals surface area contributed by atoms with Crippen LogP contribution in [0, 0.1) is 26.8 Å². The average molecular weight is 548 g/mol. The Kier molecular flexibility index (Phi) is 13.3. The van der Waals surface area contributed by atoms with Crippen LogP contribution in [0.4, 0.5) is 0 Å². The molecule has 0 atom stereocenters. The predicted octanol–water partition coefficient (Wildman–Crippen LogP) is -3.90. The van der Waals surface area contributed by atoms with Crippen molar-refractivity contribution in [2.75, 3.05) is 0 Å². The first-order valence-corrected chi connectivity index (χ1v) is 12.6. The molecule has 0 fully saturated rings. The molecule has 0 unspecified atom stereocenters. The summed E-state index contributed by atoms with van der Waals surface area (Å²) >= 11 is 0. The molecule has 0 spiro atoms. The van der Waals surface area contributed by atoms with E-state index in [1.807, 2.05) is 0 Å². The van der Waals surface area contributed by atoms with Crippen LogP contribution in [-0.2, 0) is 21.7 Å². The molecule has 0 saturated carbocycles. The van der Waals surface area contributed by atoms with Crippen LogP contribution in [0.1, 0.15) is 36.5 Å². The second-order valence-corrected chi connectivity index (χ2v) is 12.1. The minimum absolute atomic E-state index is 0. The first kappa shape index (κ1) is 31.9. The van der Waals surface area contributed by atoms with Gasteiger partial charge in [0.2, 0.25) is 0 Å². The van der Waals surface area contributed by atoms with Crippen molar-refractivity contribution in [1.29, 1.82) is 0 Å². The number of aryl methyl sites for hydroxylation is 3. The first-order valence-electron chi connectivity index (χ1n) is 10.6. The molecule has 0 heterocycles. The van der Waals surface area contributed by atoms with Gasteiger partial charge in [0.05, 0.1) is 0 Å². The summed E-state index contributed by atoms with van der Waals surface area (Å²) in [6.07, 6.45) is 8.31. The van der Waals surface area contributed by atoms with E-state index in [-0.39, 0.29) is 58.9 Å². The molecule has 3 aromatic rings. The molecule has 1 aliphatic carbocycles. The number of allylic oxidation sites excluding steroid dienone is 4. The van der Waals surface area contributed by atoms with Crippen LogP contribution in [0.5, 0.6) is 0 Å². The second kappa shape index (κ2) is 13.7. The molecule has 0 N–H and O–H groups in total. The third-order valence-corrected chi connectivity index (χ3v) is 10.8. The molecule has 5 heteroatoms. The van der Waals surface area contributed by atoms with Gasteiger partial charge in [0.15, 0.2) is 8.07 Å². The van der Waals surface area contributed by atoms with Gasteiger partial charge in [0, 0.05) is 0 Å². The van der Waals surface area contributed by atoms with Crippen LogP contribution >= 0.6 is 0 Å². The Morgan fingerprint density at radius 2 is 1.09 bits per heavy atom. The van der Waals surface area contributed by atoms with E-state index >= 15 is 0 Å². The predicted molar refractivity (Wildman–Crippen MR) is 128 cm³/mol. The smallest absolute Gasteiger partial charge is 1.00 e. The van der Waals surface area contributed by atoms with E-state index in [1.165, 1.54) is 43.0 Å². The fourth-order valence-electron chi connectivity index (χ4n) is 4.66. The Balaban J connectivity index is 0.00000256. The van der Waals surface area contributed by atoms with E-state index in [0.29, 0.717) is 0 Å². The van der Waals surface area contributed by atoms with E-state index in [4.69, 9.17) is 0 Å². The minimum Gasteiger partial charge on any atom is -1.00 e. The molecule has 0 aromatic heterocycles. The normalized spacial score (nSPS) is 12.2. The minimum atomic E-state index is -2.39. The number of rotatable bonds is 5. The summed E-state index contributed by atoms with van der Waals surface area (Å²) < 4.78 is 0. The quantitative estimate of drug-likeness (QED) is 0.174. The molecular formula is C28H29Cl3SiTi. The van der Waals surface area contributed by atoms with Gasteiger partial charge in [0.25, 0.3) is 0 Å². The molecule has 0 radical (unpaired) electrons. The zero-order chi connectivity index (χ0) is 20.4. The first-order chi connectivity index (χ1) is 14.0. The molecule has 33 heavy (non-hydrogen) atoms. The third-order valence-electron chi connectivity index (χ3n) is 6.05. The van der Waals surface area contributed by atoms with Crippen LogP contribution < -0.4 is 52.8 Å². The SMILES string of the molecule is CCC1=CCC([Si](c2cccc(C)c2)(c2cccc(C)c2)c2cccc(C)c2)=[C-]1.[Cl-].[Cl-].[Cl-].[Ti+4]. The number of halogens is 3. The van der Waals surface area contributed by atoms with E-state index in [0.717, 1.165) is 12.8 Å². The topological polar surface area (TPSA) is 0 Å². The van der Waals surface area contributed by atoms with Gasteiger partial charge in [-0.05, 0) is 36.3 Å². The van der Waals surface area contributed by atoms with Gasteiger partial charge >= 0.3 is 21.7 Å². The zero-order valence-electron chi connectivity index (χ0n) is 19.6. The van der Waals surface area contributed by atoms with Crippen molar-refractivity contribution in [3.05, 3.63) is 112 Å². The van der Waals surface area contributed by atoms with Gasteiger partial charge in [-0.25, -0.2) is 11.6 Å². The number of hydrogen-bond acceptors (Lipinski definition) is 0. The van der Waals surface area contributed by atoms with Crippen LogP contribution in [-0.4, -0.2) is 8.07 Å². The maximum Gasteiger partial charge on any atom is 4.00 e. The summed E-state index contributed by atoms with van der Waals surface area (Å²) in [7, 11) is -2.39. The summed E-state index contributed by atoms with van der Waals surface area (Å²) in [4.78, 5) is 0. The maximum absolute atomic E-state index is 3.87. The number of benzene rings is 3. The summed E-state index contributed by atoms with van der Waals surface area (Å²) in [5.74, 6) is 0. The van der Waals surface area contributed by atoms with Crippen molar-refractivity contribution in [2.45, 2.75) is 40.5 Å². The molecule has 0 amide bonds. The van der Waals surface area contributed by atoms with Crippen molar-refractivity contribution in [3.8, 4) is 0 Å². The fraction of sp³-hybridized carbons (Fsp3) is 0.214. The Morgan fingerprint density at radius 3 is 1.39 bits per heavy atom. The van der Waals surface area contributed by atoms with Crippen LogP contribution in [0.2, 0.25) is 0 Å². The van der Waals surface area contributed by atoms with Crippen molar-refractivity contribution in [3.63, 3.8) is 0 Å². The average Bonchev–Trinajstić information content (AvgIpc) is 3.18. The van der Waals surface area contributed by atoms with Crippen molar-refractivity contribution in [1.82, 2.24) is 0 Å². The molecule has 0 nitrogen and oxygen atoms in total. The Morgan fingerprint density at radius 1 is 0.697 bits per heavy atom. The van der Waals surface area contributed by atoms with Crippen LogP contribution in [0.25, 0.3) is 0 Å². The molecule has 4 rings (SSSR count). The van der Waals surface area contributed by atoms with Crippen LogP contribution in [0.15, 0.2) is 89.6 Å². The monoisotopic (exact) mass is 546 g/mol. The molecule has 1 aliphatic rings. The third kappa shape index (κ3) is 6.34. The molecule has 0 saturated heterocycles. The summed E-state index contributed by atoms with van der Waals surface area (Å²) in [6.45, 7) is 8.85. The molecule has 0 bridgehead atoms. The van der Waals surface area contributed by atoms with Crippen molar-refractivity contribution < 1.29 is 58.9 Å². The van der Waals surface area contributed by atoms with Gasteiger partial charge in [-0.2, -0.15) is 5.20 Å². The standard InChI is InChI=1S/C28H29Si.3ClH.Ti/c1-5-24-15-16-28(20-24)29(25-12-6-9-21(2)17-25,26-13-7-10-22(3)18-26)27-14-8-11-23(4)19-27;;;;/h6-15,17-19H,5,16H2,1-4H3;3*1H;/q-1;;;;+4/p-3. The summed E-state index contributed by atoms with van der Waals surface area (Å²) in [5, 5.41) is 5.86. The van der Waals surface area contributed by atoms with Gasteiger partial charge < -0.3 is 37.2 Å². The Bertz CT molecular complexity index is 1010. The second-order valence-electron chi connectivity index (χ2n) is 8.25.